The third-order valence-corrected chi connectivity index (χ3v) is 6.12. The van der Waals surface area contributed by atoms with Crippen molar-refractivity contribution >= 4 is 23.2 Å². The number of pyridine rings is 1. The molecule has 2 saturated heterocycles. The van der Waals surface area contributed by atoms with Crippen LogP contribution in [0.2, 0.25) is 0 Å². The first-order valence-corrected chi connectivity index (χ1v) is 11.1. The molecule has 0 spiro atoms. The highest BCUT2D eigenvalue weighted by atomic mass is 16.1. The molecule has 1 aromatic carbocycles. The smallest absolute Gasteiger partial charge is 0.274 e. The number of nitrogens with one attached hydrogen (secondary N) is 2. The third kappa shape index (κ3) is 4.40. The summed E-state index contributed by atoms with van der Waals surface area (Å²) in [5, 5.41) is 6.35. The highest BCUT2D eigenvalue weighted by Gasteiger charge is 2.26. The van der Waals surface area contributed by atoms with E-state index in [9.17, 15) is 4.79 Å². The molecule has 0 bridgehead atoms. The lowest BCUT2D eigenvalue weighted by molar-refractivity contribution is 0.102. The molecule has 32 heavy (non-hydrogen) atoms. The van der Waals surface area contributed by atoms with Crippen molar-refractivity contribution in [3.05, 3.63) is 72.3 Å². The second-order valence-corrected chi connectivity index (χ2v) is 8.17. The van der Waals surface area contributed by atoms with Gasteiger partial charge in [0.2, 0.25) is 5.95 Å². The molecule has 2 aliphatic heterocycles. The molecule has 1 amide bonds. The first-order valence-electron chi connectivity index (χ1n) is 11.1. The zero-order chi connectivity index (χ0) is 21.8. The Hall–Kier alpha value is -3.52. The first-order chi connectivity index (χ1) is 15.8. The lowest BCUT2D eigenvalue weighted by atomic mass is 9.99. The number of hydrogen-bond donors (Lipinski definition) is 2. The van der Waals surface area contributed by atoms with Gasteiger partial charge in [0.1, 0.15) is 5.69 Å². The van der Waals surface area contributed by atoms with Crippen LogP contribution in [0.1, 0.15) is 28.4 Å². The third-order valence-electron chi connectivity index (χ3n) is 6.12. The molecule has 4 heterocycles. The van der Waals surface area contributed by atoms with Gasteiger partial charge in [-0.2, -0.15) is 0 Å². The van der Waals surface area contributed by atoms with Crippen LogP contribution in [0.15, 0.2) is 61.1 Å². The van der Waals surface area contributed by atoms with E-state index in [0.717, 1.165) is 51.4 Å². The molecular formula is C24H27N7O. The number of aromatic nitrogens is 3. The monoisotopic (exact) mass is 429 g/mol. The SMILES string of the molecule is O=C(Nc1cnccc1N1CCNCC1)c1ccnc(N2CCC(c3ccccc3)C2)n1. The van der Waals surface area contributed by atoms with Crippen LogP contribution in [0.25, 0.3) is 0 Å². The summed E-state index contributed by atoms with van der Waals surface area (Å²) >= 11 is 0. The predicted molar refractivity (Wildman–Crippen MR) is 125 cm³/mol. The number of carbonyl (C=O) groups excluding carboxylic acids is 1. The molecule has 2 aliphatic rings. The van der Waals surface area contributed by atoms with Gasteiger partial charge in [-0.05, 0) is 24.1 Å². The van der Waals surface area contributed by atoms with Crippen molar-refractivity contribution < 1.29 is 4.79 Å². The molecule has 3 aromatic rings. The van der Waals surface area contributed by atoms with Gasteiger partial charge in [0.05, 0.1) is 17.6 Å². The average Bonchev–Trinajstić information content (AvgIpc) is 3.36. The Balaban J connectivity index is 1.30. The van der Waals surface area contributed by atoms with Crippen molar-refractivity contribution in [1.29, 1.82) is 0 Å². The molecule has 0 aliphatic carbocycles. The molecule has 0 saturated carbocycles. The zero-order valence-corrected chi connectivity index (χ0v) is 17.9. The maximum absolute atomic E-state index is 13.0. The molecule has 2 fully saturated rings. The Morgan fingerprint density at radius 1 is 1.00 bits per heavy atom. The Morgan fingerprint density at radius 3 is 2.69 bits per heavy atom. The van der Waals surface area contributed by atoms with Crippen LogP contribution in [-0.2, 0) is 0 Å². The van der Waals surface area contributed by atoms with Crippen molar-refractivity contribution in [3.63, 3.8) is 0 Å². The van der Waals surface area contributed by atoms with E-state index < -0.39 is 0 Å². The number of rotatable bonds is 5. The van der Waals surface area contributed by atoms with Crippen LogP contribution in [0.4, 0.5) is 17.3 Å². The van der Waals surface area contributed by atoms with E-state index in [0.29, 0.717) is 23.2 Å². The predicted octanol–water partition coefficient (Wildman–Crippen LogP) is 2.53. The molecule has 0 radical (unpaired) electrons. The largest absolute Gasteiger partial charge is 0.367 e. The summed E-state index contributed by atoms with van der Waals surface area (Å²) in [5.74, 6) is 0.802. The second-order valence-electron chi connectivity index (χ2n) is 8.17. The molecule has 2 aromatic heterocycles. The van der Waals surface area contributed by atoms with Gasteiger partial charge in [-0.25, -0.2) is 9.97 Å². The van der Waals surface area contributed by atoms with Crippen LogP contribution in [-0.4, -0.2) is 60.1 Å². The topological polar surface area (TPSA) is 86.3 Å². The highest BCUT2D eigenvalue weighted by Crippen LogP contribution is 2.29. The lowest BCUT2D eigenvalue weighted by Crippen LogP contribution is -2.43. The molecular weight excluding hydrogens is 402 g/mol. The Morgan fingerprint density at radius 2 is 1.84 bits per heavy atom. The van der Waals surface area contributed by atoms with Gasteiger partial charge in [0.15, 0.2) is 0 Å². The molecule has 8 heteroatoms. The summed E-state index contributed by atoms with van der Waals surface area (Å²) in [7, 11) is 0. The van der Waals surface area contributed by atoms with E-state index in [2.05, 4.69) is 59.7 Å². The zero-order valence-electron chi connectivity index (χ0n) is 17.9. The summed E-state index contributed by atoms with van der Waals surface area (Å²) in [6, 6.07) is 14.1. The fraction of sp³-hybridized carbons (Fsp3) is 0.333. The van der Waals surface area contributed by atoms with Crippen molar-refractivity contribution in [3.8, 4) is 0 Å². The van der Waals surface area contributed by atoms with Crippen LogP contribution >= 0.6 is 0 Å². The van der Waals surface area contributed by atoms with Crippen LogP contribution in [0.5, 0.6) is 0 Å². The molecule has 8 nitrogen and oxygen atoms in total. The minimum Gasteiger partial charge on any atom is -0.367 e. The van der Waals surface area contributed by atoms with Crippen molar-refractivity contribution in [1.82, 2.24) is 20.3 Å². The molecule has 1 unspecified atom stereocenters. The molecule has 2 N–H and O–H groups in total. The van der Waals surface area contributed by atoms with Gasteiger partial charge in [-0.15, -0.1) is 0 Å². The van der Waals surface area contributed by atoms with E-state index in [4.69, 9.17) is 0 Å². The minimum atomic E-state index is -0.253. The summed E-state index contributed by atoms with van der Waals surface area (Å²) in [6.07, 6.45) is 6.16. The van der Waals surface area contributed by atoms with Gasteiger partial charge in [0.25, 0.3) is 5.91 Å². The summed E-state index contributed by atoms with van der Waals surface area (Å²) in [6.45, 7) is 5.35. The summed E-state index contributed by atoms with van der Waals surface area (Å²) in [5.41, 5.74) is 3.37. The number of anilines is 3. The number of amides is 1. The van der Waals surface area contributed by atoms with Gasteiger partial charge in [-0.3, -0.25) is 9.78 Å². The van der Waals surface area contributed by atoms with E-state index in [1.807, 2.05) is 12.1 Å². The maximum Gasteiger partial charge on any atom is 0.274 e. The van der Waals surface area contributed by atoms with Crippen LogP contribution in [0, 0.1) is 0 Å². The number of benzene rings is 1. The highest BCUT2D eigenvalue weighted by molar-refractivity contribution is 6.04. The summed E-state index contributed by atoms with van der Waals surface area (Å²) in [4.78, 5) is 30.7. The van der Waals surface area contributed by atoms with Crippen molar-refractivity contribution in [2.24, 2.45) is 0 Å². The number of carbonyl (C=O) groups is 1. The Labute approximate surface area is 187 Å². The van der Waals surface area contributed by atoms with Gasteiger partial charge < -0.3 is 20.4 Å². The Bertz CT molecular complexity index is 1070. The van der Waals surface area contributed by atoms with Crippen LogP contribution < -0.4 is 20.4 Å². The van der Waals surface area contributed by atoms with Crippen molar-refractivity contribution in [2.45, 2.75) is 12.3 Å². The quantitative estimate of drug-likeness (QED) is 0.645. The normalized spacial score (nSPS) is 18.6. The van der Waals surface area contributed by atoms with E-state index in [-0.39, 0.29) is 5.91 Å². The van der Waals surface area contributed by atoms with Crippen molar-refractivity contribution in [2.75, 3.05) is 54.4 Å². The van der Waals surface area contributed by atoms with Crippen LogP contribution in [0.3, 0.4) is 0 Å². The van der Waals surface area contributed by atoms with Gasteiger partial charge in [-0.1, -0.05) is 30.3 Å². The van der Waals surface area contributed by atoms with E-state index >= 15 is 0 Å². The Kier molecular flexibility index (Phi) is 5.93. The summed E-state index contributed by atoms with van der Waals surface area (Å²) < 4.78 is 0. The first kappa shape index (κ1) is 20.4. The maximum atomic E-state index is 13.0. The number of nitrogens with zero attached hydrogens (tertiary/aromatic N) is 5. The van der Waals surface area contributed by atoms with E-state index in [1.165, 1.54) is 5.56 Å². The number of hydrogen-bond acceptors (Lipinski definition) is 7. The van der Waals surface area contributed by atoms with Gasteiger partial charge in [0, 0.05) is 57.6 Å². The van der Waals surface area contributed by atoms with Gasteiger partial charge >= 0.3 is 0 Å². The number of piperazine rings is 1. The molecule has 5 rings (SSSR count). The van der Waals surface area contributed by atoms with E-state index in [1.54, 1.807) is 24.7 Å². The standard InChI is InChI=1S/C24H27N7O/c32-23(28-21-16-26-9-7-22(21)30-14-11-25-12-15-30)20-6-10-27-24(29-20)31-13-8-19(17-31)18-4-2-1-3-5-18/h1-7,9-10,16,19,25H,8,11-15,17H2,(H,28,32). The minimum absolute atomic E-state index is 0.253. The second kappa shape index (κ2) is 9.32. The molecule has 164 valence electrons. The lowest BCUT2D eigenvalue weighted by Gasteiger charge is -2.30. The fourth-order valence-corrected chi connectivity index (χ4v) is 4.42. The fourth-order valence-electron chi connectivity index (χ4n) is 4.42. The average molecular weight is 430 g/mol. The molecule has 1 atom stereocenters.